The minimum absolute atomic E-state index is 0.332. The molecule has 0 aliphatic heterocycles. The van der Waals surface area contributed by atoms with Crippen LogP contribution in [0, 0.1) is 0 Å². The molecule has 2 aromatic rings. The van der Waals surface area contributed by atoms with Crippen LogP contribution in [0.3, 0.4) is 0 Å². The zero-order chi connectivity index (χ0) is 20.0. The third-order valence-corrected chi connectivity index (χ3v) is 4.41. The first kappa shape index (κ1) is 21.9. The van der Waals surface area contributed by atoms with Gasteiger partial charge < -0.3 is 14.8 Å². The van der Waals surface area contributed by atoms with Crippen LogP contribution in [0.1, 0.15) is 25.7 Å². The van der Waals surface area contributed by atoms with Crippen LogP contribution in [0.15, 0.2) is 54.1 Å². The number of hydrogen-bond acceptors (Lipinski definition) is 5. The average Bonchev–Trinajstić information content (AvgIpc) is 2.73. The molecule has 0 unspecified atom stereocenters. The van der Waals surface area contributed by atoms with E-state index in [1.165, 1.54) is 0 Å². The molecule has 0 spiro atoms. The Balaban J connectivity index is 1.92. The van der Waals surface area contributed by atoms with Gasteiger partial charge in [0.2, 0.25) is 5.91 Å². The molecule has 0 radical (unpaired) electrons. The van der Waals surface area contributed by atoms with Crippen LogP contribution < -0.4 is 15.5 Å². The van der Waals surface area contributed by atoms with Crippen molar-refractivity contribution in [3.05, 3.63) is 54.1 Å². The lowest BCUT2D eigenvalue weighted by Crippen LogP contribution is -2.24. The Hall–Kier alpha value is -2.41. The van der Waals surface area contributed by atoms with Crippen molar-refractivity contribution in [3.8, 4) is 5.75 Å². The molecule has 2 rings (SSSR count). The zero-order valence-electron chi connectivity index (χ0n) is 16.4. The molecule has 3 N–H and O–H groups in total. The number of rotatable bonds is 13. The number of benzene rings is 2. The van der Waals surface area contributed by atoms with Gasteiger partial charge in [-0.2, -0.15) is 0 Å². The summed E-state index contributed by atoms with van der Waals surface area (Å²) in [4.78, 5) is 11.1. The first-order valence-corrected chi connectivity index (χ1v) is 9.65. The highest BCUT2D eigenvalue weighted by Gasteiger charge is 2.04. The molecule has 0 fully saturated rings. The second-order valence-electron chi connectivity index (χ2n) is 6.58. The molecule has 0 bridgehead atoms. The van der Waals surface area contributed by atoms with E-state index >= 15 is 0 Å². The van der Waals surface area contributed by atoms with Crippen LogP contribution in [-0.2, 0) is 9.53 Å². The van der Waals surface area contributed by atoms with Gasteiger partial charge in [0.05, 0.1) is 6.61 Å². The van der Waals surface area contributed by atoms with Gasteiger partial charge in [-0.25, -0.2) is 5.48 Å². The summed E-state index contributed by atoms with van der Waals surface area (Å²) in [6, 6.07) is 14.3. The Morgan fingerprint density at radius 3 is 2.79 bits per heavy atom. The highest BCUT2D eigenvalue weighted by molar-refractivity contribution is 5.88. The summed E-state index contributed by atoms with van der Waals surface area (Å²) in [5.41, 5.74) is 2.82. The van der Waals surface area contributed by atoms with E-state index in [0.717, 1.165) is 54.4 Å². The smallest absolute Gasteiger partial charge is 0.243 e. The summed E-state index contributed by atoms with van der Waals surface area (Å²) >= 11 is 0. The monoisotopic (exact) mass is 386 g/mol. The van der Waals surface area contributed by atoms with Crippen molar-refractivity contribution in [2.24, 2.45) is 0 Å². The van der Waals surface area contributed by atoms with Crippen molar-refractivity contribution in [1.82, 2.24) is 10.8 Å². The maximum absolute atomic E-state index is 11.1. The lowest BCUT2D eigenvalue weighted by atomic mass is 10.1. The van der Waals surface area contributed by atoms with Crippen molar-refractivity contribution >= 4 is 16.7 Å². The van der Waals surface area contributed by atoms with Crippen molar-refractivity contribution in [3.63, 3.8) is 0 Å². The number of unbranched alkanes of at least 4 members (excludes halogenated alkanes) is 2. The number of amides is 1. The van der Waals surface area contributed by atoms with Crippen LogP contribution in [0.25, 0.3) is 10.8 Å². The zero-order valence-corrected chi connectivity index (χ0v) is 16.4. The van der Waals surface area contributed by atoms with Gasteiger partial charge in [-0.15, -0.1) is 0 Å². The molecule has 152 valence electrons. The summed E-state index contributed by atoms with van der Waals surface area (Å²) in [6.07, 6.45) is 4.97. The summed E-state index contributed by atoms with van der Waals surface area (Å²) in [5, 5.41) is 14.1. The van der Waals surface area contributed by atoms with E-state index in [9.17, 15) is 4.79 Å². The summed E-state index contributed by atoms with van der Waals surface area (Å²) in [7, 11) is 1.69. The van der Waals surface area contributed by atoms with Gasteiger partial charge in [-0.3, -0.25) is 10.0 Å². The van der Waals surface area contributed by atoms with Crippen molar-refractivity contribution in [1.29, 1.82) is 0 Å². The summed E-state index contributed by atoms with van der Waals surface area (Å²) in [5.74, 6) is 0.533. The predicted octanol–water partition coefficient (Wildman–Crippen LogP) is 3.45. The predicted molar refractivity (Wildman–Crippen MR) is 111 cm³/mol. The van der Waals surface area contributed by atoms with Crippen molar-refractivity contribution in [2.75, 3.05) is 33.4 Å². The maximum Gasteiger partial charge on any atom is 0.243 e. The molecule has 0 aliphatic rings. The van der Waals surface area contributed by atoms with E-state index in [1.54, 1.807) is 12.6 Å². The van der Waals surface area contributed by atoms with Gasteiger partial charge in [0.1, 0.15) is 12.4 Å². The molecule has 2 aromatic carbocycles. The van der Waals surface area contributed by atoms with Crippen LogP contribution >= 0.6 is 0 Å². The molecule has 0 saturated heterocycles. The second kappa shape index (κ2) is 12.9. The highest BCUT2D eigenvalue weighted by atomic mass is 16.5. The maximum atomic E-state index is 11.1. The lowest BCUT2D eigenvalue weighted by molar-refractivity contribution is -0.129. The Morgan fingerprint density at radius 2 is 1.96 bits per heavy atom. The van der Waals surface area contributed by atoms with Gasteiger partial charge in [-0.05, 0) is 36.3 Å². The van der Waals surface area contributed by atoms with E-state index < -0.39 is 0 Å². The quantitative estimate of drug-likeness (QED) is 0.213. The number of hydrogen-bond donors (Lipinski definition) is 3. The topological polar surface area (TPSA) is 79.8 Å². The Bertz CT molecular complexity index is 756. The third-order valence-electron chi connectivity index (χ3n) is 4.41. The number of carbonyl (C=O) groups excluding carboxylic acids is 1. The second-order valence-corrected chi connectivity index (χ2v) is 6.58. The van der Waals surface area contributed by atoms with Gasteiger partial charge in [0, 0.05) is 32.0 Å². The Labute approximate surface area is 166 Å². The molecule has 1 amide bonds. The molecular weight excluding hydrogens is 356 g/mol. The van der Waals surface area contributed by atoms with Crippen LogP contribution in [0.5, 0.6) is 5.75 Å². The van der Waals surface area contributed by atoms with Crippen LogP contribution in [0.4, 0.5) is 0 Å². The van der Waals surface area contributed by atoms with E-state index in [-0.39, 0.29) is 5.91 Å². The molecule has 0 heterocycles. The average molecular weight is 386 g/mol. The van der Waals surface area contributed by atoms with Crippen molar-refractivity contribution in [2.45, 2.75) is 25.7 Å². The summed E-state index contributed by atoms with van der Waals surface area (Å²) in [6.45, 7) is 2.67. The number of fused-ring (bicyclic) bond motifs is 1. The Kier molecular flexibility index (Phi) is 10.1. The molecule has 0 atom stereocenters. The fourth-order valence-electron chi connectivity index (χ4n) is 2.89. The number of methoxy groups -OCH3 is 1. The number of hydroxylamine groups is 1. The summed E-state index contributed by atoms with van der Waals surface area (Å²) < 4.78 is 11.2. The number of ether oxygens (including phenoxy) is 2. The van der Waals surface area contributed by atoms with E-state index in [4.69, 9.17) is 14.7 Å². The van der Waals surface area contributed by atoms with Crippen LogP contribution in [-0.4, -0.2) is 44.5 Å². The normalized spacial score (nSPS) is 11.6. The standard InChI is InChI=1S/C22H30N2O4/c1-27-15-14-23-16-18(8-3-2-4-13-22(25)24-26)17-28-21-12-7-10-19-9-5-6-11-20(19)21/h5-12,23,26H,2-4,13-17H2,1H3,(H,24,25)/b18-8+. The molecule has 0 aliphatic carbocycles. The molecule has 0 aromatic heterocycles. The van der Waals surface area contributed by atoms with Gasteiger partial charge >= 0.3 is 0 Å². The molecule has 28 heavy (non-hydrogen) atoms. The SMILES string of the molecule is COCCNC/C(=C\CCCCC(=O)NO)COc1cccc2ccccc12. The minimum Gasteiger partial charge on any atom is -0.489 e. The van der Waals surface area contributed by atoms with E-state index in [2.05, 4.69) is 29.6 Å². The molecule has 0 saturated carbocycles. The fraction of sp³-hybridized carbons (Fsp3) is 0.409. The van der Waals surface area contributed by atoms with E-state index in [0.29, 0.717) is 19.6 Å². The lowest BCUT2D eigenvalue weighted by Gasteiger charge is -2.13. The van der Waals surface area contributed by atoms with Gasteiger partial charge in [0.25, 0.3) is 0 Å². The van der Waals surface area contributed by atoms with Gasteiger partial charge in [-0.1, -0.05) is 42.5 Å². The number of carbonyl (C=O) groups is 1. The number of allylic oxidation sites excluding steroid dienone is 1. The Morgan fingerprint density at radius 1 is 1.14 bits per heavy atom. The third kappa shape index (κ3) is 7.68. The number of nitrogens with one attached hydrogen (secondary N) is 2. The molecule has 6 heteroatoms. The first-order valence-electron chi connectivity index (χ1n) is 9.65. The largest absolute Gasteiger partial charge is 0.489 e. The first-order chi connectivity index (χ1) is 13.7. The molecular formula is C22H30N2O4. The minimum atomic E-state index is -0.343. The van der Waals surface area contributed by atoms with Crippen molar-refractivity contribution < 1.29 is 19.5 Å². The van der Waals surface area contributed by atoms with E-state index in [1.807, 2.05) is 24.3 Å². The van der Waals surface area contributed by atoms with Gasteiger partial charge in [0.15, 0.2) is 0 Å². The molecule has 6 nitrogen and oxygen atoms in total. The fourth-order valence-corrected chi connectivity index (χ4v) is 2.89. The van der Waals surface area contributed by atoms with Crippen LogP contribution in [0.2, 0.25) is 0 Å². The highest BCUT2D eigenvalue weighted by Crippen LogP contribution is 2.25.